The molecule has 0 radical (unpaired) electrons. The van der Waals surface area contributed by atoms with E-state index in [4.69, 9.17) is 13.9 Å². The Morgan fingerprint density at radius 2 is 2.03 bits per heavy atom. The number of fused-ring (bicyclic) bond motifs is 1. The number of carbonyl (C=O) groups is 1. The molecule has 3 heterocycles. The van der Waals surface area contributed by atoms with Gasteiger partial charge in [-0.15, -0.1) is 0 Å². The Balaban J connectivity index is 2.01. The van der Waals surface area contributed by atoms with Gasteiger partial charge in [0.1, 0.15) is 17.6 Å². The Labute approximate surface area is 210 Å². The van der Waals surface area contributed by atoms with Gasteiger partial charge in [-0.1, -0.05) is 27.3 Å². The number of nitrogens with zero attached hydrogens (tertiary/aromatic N) is 2. The number of benzene rings is 1. The van der Waals surface area contributed by atoms with Gasteiger partial charge in [0, 0.05) is 16.1 Å². The molecule has 0 saturated heterocycles. The lowest BCUT2D eigenvalue weighted by Crippen LogP contribution is -2.40. The van der Waals surface area contributed by atoms with Crippen LogP contribution in [0.5, 0.6) is 5.75 Å². The van der Waals surface area contributed by atoms with E-state index in [0.717, 1.165) is 4.47 Å². The van der Waals surface area contributed by atoms with E-state index in [2.05, 4.69) is 36.9 Å². The van der Waals surface area contributed by atoms with Crippen LogP contribution in [0.3, 0.4) is 0 Å². The van der Waals surface area contributed by atoms with Gasteiger partial charge in [-0.2, -0.15) is 0 Å². The second-order valence-electron chi connectivity index (χ2n) is 7.56. The van der Waals surface area contributed by atoms with Crippen LogP contribution in [0.15, 0.2) is 64.9 Å². The zero-order chi connectivity index (χ0) is 23.9. The topological polar surface area (TPSA) is 83.0 Å². The highest BCUT2D eigenvalue weighted by Gasteiger charge is 2.35. The molecule has 10 heteroatoms. The first kappa shape index (κ1) is 23.7. The number of esters is 1. The number of ether oxygens (including phenoxy) is 2. The maximum absolute atomic E-state index is 13.6. The second-order valence-corrected chi connectivity index (χ2v) is 10.3. The van der Waals surface area contributed by atoms with E-state index >= 15 is 0 Å². The third-order valence-electron chi connectivity index (χ3n) is 4.94. The summed E-state index contributed by atoms with van der Waals surface area (Å²) >= 11 is 8.00. The van der Waals surface area contributed by atoms with Crippen LogP contribution in [0.2, 0.25) is 0 Å². The average Bonchev–Trinajstić information content (AvgIpc) is 3.29. The van der Waals surface area contributed by atoms with Gasteiger partial charge < -0.3 is 13.9 Å². The number of halogens is 2. The van der Waals surface area contributed by atoms with Crippen molar-refractivity contribution in [1.82, 2.24) is 4.57 Å². The van der Waals surface area contributed by atoms with Crippen LogP contribution in [-0.2, 0) is 9.53 Å². The number of carbonyl (C=O) groups excluding carboxylic acids is 1. The van der Waals surface area contributed by atoms with E-state index in [1.54, 1.807) is 52.2 Å². The van der Waals surface area contributed by atoms with Crippen LogP contribution >= 0.6 is 43.2 Å². The van der Waals surface area contributed by atoms with Gasteiger partial charge in [0.25, 0.3) is 5.56 Å². The molecule has 0 amide bonds. The first-order valence-electron chi connectivity index (χ1n) is 10.0. The van der Waals surface area contributed by atoms with Gasteiger partial charge in [-0.25, -0.2) is 9.79 Å². The number of allylic oxidation sites excluding steroid dienone is 1. The molecule has 4 rings (SSSR count). The van der Waals surface area contributed by atoms with E-state index in [0.29, 0.717) is 42.3 Å². The van der Waals surface area contributed by atoms with Gasteiger partial charge in [0.2, 0.25) is 0 Å². The summed E-state index contributed by atoms with van der Waals surface area (Å²) < 4.78 is 20.0. The summed E-state index contributed by atoms with van der Waals surface area (Å²) in [4.78, 5) is 31.8. The lowest BCUT2D eigenvalue weighted by Gasteiger charge is -2.26. The lowest BCUT2D eigenvalue weighted by atomic mass is 9.95. The molecule has 7 nitrogen and oxygen atoms in total. The molecule has 0 spiro atoms. The minimum atomic E-state index is -0.773. The molecule has 0 bridgehead atoms. The average molecular weight is 596 g/mol. The standard InChI is InChI=1S/C23H20Br2N2O5S/c1-11(2)31-22(29)19-12(3)26-23-27(20(19)15-9-13(24)5-7-16(15)30-4)21(28)17(33-23)10-14-6-8-18(25)32-14/h5-11,20H,1-4H3/b17-10-/t20-/m1/s1. The van der Waals surface area contributed by atoms with Crippen molar-refractivity contribution in [3.05, 3.63) is 81.8 Å². The summed E-state index contributed by atoms with van der Waals surface area (Å²) in [5.41, 5.74) is 1.13. The summed E-state index contributed by atoms with van der Waals surface area (Å²) in [5.74, 6) is 0.540. The summed E-state index contributed by atoms with van der Waals surface area (Å²) in [5, 5.41) is 0. The zero-order valence-electron chi connectivity index (χ0n) is 18.2. The molecule has 0 saturated carbocycles. The van der Waals surface area contributed by atoms with E-state index in [1.807, 2.05) is 12.1 Å². The molecule has 0 fully saturated rings. The Morgan fingerprint density at radius 3 is 2.67 bits per heavy atom. The highest BCUT2D eigenvalue weighted by Crippen LogP contribution is 2.37. The number of thiazole rings is 1. The Morgan fingerprint density at radius 1 is 1.27 bits per heavy atom. The third kappa shape index (κ3) is 4.64. The van der Waals surface area contributed by atoms with Crippen molar-refractivity contribution in [3.63, 3.8) is 0 Å². The van der Waals surface area contributed by atoms with Crippen molar-refractivity contribution in [3.8, 4) is 5.75 Å². The number of rotatable bonds is 5. The molecule has 1 aliphatic heterocycles. The highest BCUT2D eigenvalue weighted by atomic mass is 79.9. The monoisotopic (exact) mass is 594 g/mol. The van der Waals surface area contributed by atoms with Gasteiger partial charge in [-0.3, -0.25) is 9.36 Å². The SMILES string of the molecule is COc1ccc(Br)cc1[C@@H]1C(C(=O)OC(C)C)=C(C)N=c2s/c(=C\c3ccc(Br)o3)c(=O)n21. The Bertz CT molecular complexity index is 1450. The molecule has 0 aliphatic carbocycles. The summed E-state index contributed by atoms with van der Waals surface area (Å²) in [6.07, 6.45) is 1.33. The molecule has 1 aliphatic rings. The van der Waals surface area contributed by atoms with Gasteiger partial charge >= 0.3 is 5.97 Å². The highest BCUT2D eigenvalue weighted by molar-refractivity contribution is 9.10. The quantitative estimate of drug-likeness (QED) is 0.411. The van der Waals surface area contributed by atoms with Crippen molar-refractivity contribution in [2.75, 3.05) is 7.11 Å². The predicted molar refractivity (Wildman–Crippen MR) is 132 cm³/mol. The first-order chi connectivity index (χ1) is 15.7. The van der Waals surface area contributed by atoms with Crippen molar-refractivity contribution < 1.29 is 18.7 Å². The fourth-order valence-electron chi connectivity index (χ4n) is 3.61. The fraction of sp³-hybridized carbons (Fsp3) is 0.261. The Hall–Kier alpha value is -2.43. The molecule has 33 heavy (non-hydrogen) atoms. The van der Waals surface area contributed by atoms with Crippen LogP contribution in [0.1, 0.15) is 38.1 Å². The predicted octanol–water partition coefficient (Wildman–Crippen LogP) is 4.31. The number of methoxy groups -OCH3 is 1. The number of furan rings is 1. The maximum Gasteiger partial charge on any atom is 0.338 e. The molecular formula is C23H20Br2N2O5S. The summed E-state index contributed by atoms with van der Waals surface area (Å²) in [6, 6.07) is 8.20. The molecule has 172 valence electrons. The minimum absolute atomic E-state index is 0.291. The van der Waals surface area contributed by atoms with Crippen LogP contribution < -0.4 is 19.6 Å². The zero-order valence-corrected chi connectivity index (χ0v) is 22.2. The van der Waals surface area contributed by atoms with Crippen LogP contribution in [0.25, 0.3) is 6.08 Å². The number of aromatic nitrogens is 1. The molecule has 0 unspecified atom stereocenters. The molecule has 1 atom stereocenters. The van der Waals surface area contributed by atoms with Crippen LogP contribution in [0.4, 0.5) is 0 Å². The van der Waals surface area contributed by atoms with E-state index in [9.17, 15) is 9.59 Å². The van der Waals surface area contributed by atoms with E-state index < -0.39 is 12.0 Å². The van der Waals surface area contributed by atoms with E-state index in [-0.39, 0.29) is 11.7 Å². The maximum atomic E-state index is 13.6. The third-order valence-corrected chi connectivity index (χ3v) is 6.84. The second kappa shape index (κ2) is 9.44. The smallest absolute Gasteiger partial charge is 0.338 e. The number of hydrogen-bond donors (Lipinski definition) is 0. The molecule has 3 aromatic rings. The van der Waals surface area contributed by atoms with Crippen molar-refractivity contribution in [1.29, 1.82) is 0 Å². The fourth-order valence-corrected chi connectivity index (χ4v) is 5.33. The first-order valence-corrected chi connectivity index (χ1v) is 12.4. The lowest BCUT2D eigenvalue weighted by molar-refractivity contribution is -0.143. The van der Waals surface area contributed by atoms with Crippen molar-refractivity contribution in [2.24, 2.45) is 4.99 Å². The Kier molecular flexibility index (Phi) is 6.78. The minimum Gasteiger partial charge on any atom is -0.496 e. The van der Waals surface area contributed by atoms with Gasteiger partial charge in [0.05, 0.1) is 29.0 Å². The molecular weight excluding hydrogens is 576 g/mol. The van der Waals surface area contributed by atoms with Crippen LogP contribution in [0, 0.1) is 0 Å². The molecule has 2 aromatic heterocycles. The summed E-state index contributed by atoms with van der Waals surface area (Å²) in [7, 11) is 1.55. The normalized spacial score (nSPS) is 16.1. The van der Waals surface area contributed by atoms with E-state index in [1.165, 1.54) is 15.9 Å². The molecule has 1 aromatic carbocycles. The van der Waals surface area contributed by atoms with Gasteiger partial charge in [-0.05, 0) is 67.0 Å². The van der Waals surface area contributed by atoms with Crippen molar-refractivity contribution in [2.45, 2.75) is 32.9 Å². The van der Waals surface area contributed by atoms with Crippen molar-refractivity contribution >= 4 is 55.2 Å². The molecule has 0 N–H and O–H groups in total. The van der Waals surface area contributed by atoms with Gasteiger partial charge in [0.15, 0.2) is 9.47 Å². The van der Waals surface area contributed by atoms with Crippen LogP contribution in [-0.4, -0.2) is 23.8 Å². The largest absolute Gasteiger partial charge is 0.496 e. The number of hydrogen-bond acceptors (Lipinski definition) is 7. The summed E-state index contributed by atoms with van der Waals surface area (Å²) in [6.45, 7) is 5.30.